The highest BCUT2D eigenvalue weighted by molar-refractivity contribution is 6.33. The van der Waals surface area contributed by atoms with E-state index in [-0.39, 0.29) is 5.82 Å². The summed E-state index contributed by atoms with van der Waals surface area (Å²) >= 11 is 6.03. The van der Waals surface area contributed by atoms with Crippen LogP contribution in [0.25, 0.3) is 0 Å². The normalized spacial score (nSPS) is 30.8. The maximum atomic E-state index is 13.1. The minimum Gasteiger partial charge on any atom is -0.383 e. The van der Waals surface area contributed by atoms with Gasteiger partial charge < -0.3 is 5.32 Å². The van der Waals surface area contributed by atoms with Crippen LogP contribution in [-0.2, 0) is 0 Å². The second-order valence-electron chi connectivity index (χ2n) is 5.44. The summed E-state index contributed by atoms with van der Waals surface area (Å²) in [6.07, 6.45) is 5.55. The quantitative estimate of drug-likeness (QED) is 0.846. The Balaban J connectivity index is 1.62. The highest BCUT2D eigenvalue weighted by Gasteiger charge is 2.39. The number of fused-ring (bicyclic) bond motifs is 2. The molecule has 2 fully saturated rings. The third kappa shape index (κ3) is 2.28. The summed E-state index contributed by atoms with van der Waals surface area (Å²) in [5, 5.41) is 3.91. The van der Waals surface area contributed by atoms with Crippen molar-refractivity contribution in [1.29, 1.82) is 0 Å². The minimum absolute atomic E-state index is 0.232. The molecule has 3 rings (SSSR count). The molecule has 0 amide bonds. The fraction of sp³-hybridized carbons (Fsp3) is 0.571. The maximum Gasteiger partial charge on any atom is 0.125 e. The summed E-state index contributed by atoms with van der Waals surface area (Å²) in [6, 6.07) is 4.49. The highest BCUT2D eigenvalue weighted by Crippen LogP contribution is 2.48. The second kappa shape index (κ2) is 4.49. The molecule has 2 saturated carbocycles. The fourth-order valence-electron chi connectivity index (χ4n) is 3.50. The molecule has 2 aliphatic carbocycles. The molecule has 0 aliphatic heterocycles. The van der Waals surface area contributed by atoms with Crippen LogP contribution >= 0.6 is 11.6 Å². The molecular weight excluding hydrogens is 237 g/mol. The first-order valence-electron chi connectivity index (χ1n) is 6.41. The van der Waals surface area contributed by atoms with Crippen molar-refractivity contribution in [3.8, 4) is 0 Å². The molecule has 0 radical (unpaired) electrons. The van der Waals surface area contributed by atoms with Crippen molar-refractivity contribution >= 4 is 17.3 Å². The standard InChI is InChI=1S/C14H17ClFN/c15-13-4-3-12(16)7-14(13)17-8-11-6-9-1-2-10(11)5-9/h3-4,7,9-11,17H,1-2,5-6,8H2. The summed E-state index contributed by atoms with van der Waals surface area (Å²) in [5.74, 6) is 2.37. The van der Waals surface area contributed by atoms with Crippen LogP contribution in [-0.4, -0.2) is 6.54 Å². The molecule has 17 heavy (non-hydrogen) atoms. The Morgan fingerprint density at radius 2 is 2.18 bits per heavy atom. The number of benzene rings is 1. The molecule has 1 nitrogen and oxygen atoms in total. The lowest BCUT2D eigenvalue weighted by Gasteiger charge is -2.22. The Kier molecular flexibility index (Phi) is 2.99. The smallest absolute Gasteiger partial charge is 0.125 e. The van der Waals surface area contributed by atoms with E-state index in [1.54, 1.807) is 6.07 Å². The van der Waals surface area contributed by atoms with Crippen molar-refractivity contribution in [3.05, 3.63) is 29.0 Å². The number of halogens is 2. The van der Waals surface area contributed by atoms with Crippen molar-refractivity contribution in [3.63, 3.8) is 0 Å². The van der Waals surface area contributed by atoms with Crippen LogP contribution < -0.4 is 5.32 Å². The van der Waals surface area contributed by atoms with Gasteiger partial charge in [-0.3, -0.25) is 0 Å². The van der Waals surface area contributed by atoms with Gasteiger partial charge in [-0.25, -0.2) is 4.39 Å². The predicted octanol–water partition coefficient (Wildman–Crippen LogP) is 4.33. The zero-order valence-corrected chi connectivity index (χ0v) is 10.5. The maximum absolute atomic E-state index is 13.1. The monoisotopic (exact) mass is 253 g/mol. The lowest BCUT2D eigenvalue weighted by Crippen LogP contribution is -2.20. The Bertz CT molecular complexity index is 421. The van der Waals surface area contributed by atoms with Crippen LogP contribution in [0.5, 0.6) is 0 Å². The average Bonchev–Trinajstić information content (AvgIpc) is 2.92. The minimum atomic E-state index is -0.232. The van der Waals surface area contributed by atoms with E-state index in [2.05, 4.69) is 5.32 Å². The van der Waals surface area contributed by atoms with Gasteiger partial charge in [0.25, 0.3) is 0 Å². The highest BCUT2D eigenvalue weighted by atomic mass is 35.5. The molecule has 1 aromatic carbocycles. The molecule has 0 spiro atoms. The first-order chi connectivity index (χ1) is 8.22. The van der Waals surface area contributed by atoms with Crippen LogP contribution in [0.15, 0.2) is 18.2 Å². The van der Waals surface area contributed by atoms with Gasteiger partial charge in [0.15, 0.2) is 0 Å². The van der Waals surface area contributed by atoms with E-state index < -0.39 is 0 Å². The molecule has 1 aromatic rings. The Labute approximate surface area is 106 Å². The van der Waals surface area contributed by atoms with Crippen LogP contribution in [0.2, 0.25) is 5.02 Å². The molecule has 3 unspecified atom stereocenters. The summed E-state index contributed by atoms with van der Waals surface area (Å²) < 4.78 is 13.1. The zero-order valence-electron chi connectivity index (χ0n) is 9.76. The summed E-state index contributed by atoms with van der Waals surface area (Å²) in [4.78, 5) is 0. The van der Waals surface area contributed by atoms with Crippen molar-refractivity contribution in [1.82, 2.24) is 0 Å². The SMILES string of the molecule is Fc1ccc(Cl)c(NCC2CC3CCC2C3)c1. The third-order valence-corrected chi connectivity index (χ3v) is 4.70. The summed E-state index contributed by atoms with van der Waals surface area (Å²) in [7, 11) is 0. The van der Waals surface area contributed by atoms with Gasteiger partial charge in [-0.1, -0.05) is 18.0 Å². The lowest BCUT2D eigenvalue weighted by molar-refractivity contribution is 0.348. The van der Waals surface area contributed by atoms with Gasteiger partial charge in [0, 0.05) is 6.54 Å². The molecule has 1 N–H and O–H groups in total. The van der Waals surface area contributed by atoms with Gasteiger partial charge in [0.05, 0.1) is 10.7 Å². The molecule has 0 aromatic heterocycles. The Morgan fingerprint density at radius 1 is 1.29 bits per heavy atom. The van der Waals surface area contributed by atoms with Crippen LogP contribution in [0, 0.1) is 23.6 Å². The van der Waals surface area contributed by atoms with E-state index >= 15 is 0 Å². The van der Waals surface area contributed by atoms with Gasteiger partial charge in [-0.2, -0.15) is 0 Å². The van der Waals surface area contributed by atoms with Gasteiger partial charge in [0.2, 0.25) is 0 Å². The van der Waals surface area contributed by atoms with Crippen molar-refractivity contribution in [2.45, 2.75) is 25.7 Å². The zero-order chi connectivity index (χ0) is 11.8. The van der Waals surface area contributed by atoms with E-state index in [1.807, 2.05) is 0 Å². The molecule has 2 aliphatic rings. The predicted molar refractivity (Wildman–Crippen MR) is 68.8 cm³/mol. The molecule has 92 valence electrons. The molecule has 2 bridgehead atoms. The number of nitrogens with one attached hydrogen (secondary N) is 1. The van der Waals surface area contributed by atoms with E-state index in [0.717, 1.165) is 30.0 Å². The molecule has 3 atom stereocenters. The van der Waals surface area contributed by atoms with Crippen molar-refractivity contribution in [2.75, 3.05) is 11.9 Å². The van der Waals surface area contributed by atoms with Crippen molar-refractivity contribution < 1.29 is 4.39 Å². The van der Waals surface area contributed by atoms with Crippen LogP contribution in [0.4, 0.5) is 10.1 Å². The number of rotatable bonds is 3. The first kappa shape index (κ1) is 11.3. The first-order valence-corrected chi connectivity index (χ1v) is 6.79. The average molecular weight is 254 g/mol. The summed E-state index contributed by atoms with van der Waals surface area (Å²) in [6.45, 7) is 0.935. The van der Waals surface area contributed by atoms with Crippen molar-refractivity contribution in [2.24, 2.45) is 17.8 Å². The lowest BCUT2D eigenvalue weighted by atomic mass is 9.89. The second-order valence-corrected chi connectivity index (χ2v) is 5.85. The van der Waals surface area contributed by atoms with E-state index in [4.69, 9.17) is 11.6 Å². The topological polar surface area (TPSA) is 12.0 Å². The van der Waals surface area contributed by atoms with Crippen LogP contribution in [0.1, 0.15) is 25.7 Å². The molecule has 0 heterocycles. The number of hydrogen-bond donors (Lipinski definition) is 1. The number of hydrogen-bond acceptors (Lipinski definition) is 1. The summed E-state index contributed by atoms with van der Waals surface area (Å²) in [5.41, 5.74) is 0.731. The van der Waals surface area contributed by atoms with Gasteiger partial charge in [-0.15, -0.1) is 0 Å². The molecular formula is C14H17ClFN. The van der Waals surface area contributed by atoms with E-state index in [0.29, 0.717) is 5.02 Å². The molecule has 0 saturated heterocycles. The molecule has 3 heteroatoms. The Morgan fingerprint density at radius 3 is 2.88 bits per heavy atom. The Hall–Kier alpha value is -0.760. The van der Waals surface area contributed by atoms with Gasteiger partial charge in [0.1, 0.15) is 5.82 Å². The fourth-order valence-corrected chi connectivity index (χ4v) is 3.68. The van der Waals surface area contributed by atoms with Gasteiger partial charge in [-0.05, 0) is 55.2 Å². The van der Waals surface area contributed by atoms with Crippen LogP contribution in [0.3, 0.4) is 0 Å². The van der Waals surface area contributed by atoms with Gasteiger partial charge >= 0.3 is 0 Å². The van der Waals surface area contributed by atoms with E-state index in [9.17, 15) is 4.39 Å². The van der Waals surface area contributed by atoms with E-state index in [1.165, 1.54) is 37.8 Å². The largest absolute Gasteiger partial charge is 0.383 e. The number of anilines is 1. The third-order valence-electron chi connectivity index (χ3n) is 4.37.